The van der Waals surface area contributed by atoms with Crippen molar-refractivity contribution in [3.05, 3.63) is 35.1 Å². The molecule has 4 heteroatoms. The topological polar surface area (TPSA) is 40.9 Å². The Kier molecular flexibility index (Phi) is 5.26. The predicted octanol–water partition coefficient (Wildman–Crippen LogP) is 2.52. The Morgan fingerprint density at radius 2 is 2.29 bits per heavy atom. The first-order valence-electron chi connectivity index (χ1n) is 4.91. The number of nitriles is 1. The molecule has 0 aliphatic carbocycles. The summed E-state index contributed by atoms with van der Waals surface area (Å²) in [5.74, 6) is 5.55. The van der Waals surface area contributed by atoms with Crippen molar-refractivity contribution in [3.8, 4) is 17.9 Å². The van der Waals surface area contributed by atoms with Gasteiger partial charge in [-0.2, -0.15) is 5.26 Å². The van der Waals surface area contributed by atoms with Gasteiger partial charge in [-0.05, 0) is 17.7 Å². The first-order chi connectivity index (χ1) is 8.13. The molecule has 0 spiro atoms. The Labute approximate surface area is 104 Å². The molecule has 0 N–H and O–H groups in total. The molecule has 0 heterocycles. The van der Waals surface area contributed by atoms with Crippen LogP contribution in [0.1, 0.15) is 18.1 Å². The van der Waals surface area contributed by atoms with Crippen LogP contribution in [-0.4, -0.2) is 10.9 Å². The lowest BCUT2D eigenvalue weighted by Crippen LogP contribution is -1.90. The molecule has 1 rings (SSSR count). The van der Waals surface area contributed by atoms with E-state index >= 15 is 0 Å². The summed E-state index contributed by atoms with van der Waals surface area (Å²) < 4.78 is 13.0. The molecule has 0 unspecified atom stereocenters. The standard InChI is InChI=1S/C13H10FNOS/c1-10(16)17-8-2-3-12-9-13(14)5-4-11(12)6-7-15/h4-5,9H,6,8H2,1H3. The van der Waals surface area contributed by atoms with Crippen molar-refractivity contribution in [1.29, 1.82) is 5.26 Å². The lowest BCUT2D eigenvalue weighted by atomic mass is 10.1. The normalized spacial score (nSPS) is 9.00. The highest BCUT2D eigenvalue weighted by Gasteiger charge is 2.01. The summed E-state index contributed by atoms with van der Waals surface area (Å²) in [5, 5.41) is 8.61. The third-order valence-corrected chi connectivity index (χ3v) is 2.61. The van der Waals surface area contributed by atoms with Crippen molar-refractivity contribution in [3.63, 3.8) is 0 Å². The van der Waals surface area contributed by atoms with Crippen LogP contribution >= 0.6 is 11.8 Å². The van der Waals surface area contributed by atoms with Crippen LogP contribution in [-0.2, 0) is 11.2 Å². The molecule has 86 valence electrons. The van der Waals surface area contributed by atoms with Crippen molar-refractivity contribution in [1.82, 2.24) is 0 Å². The second-order valence-corrected chi connectivity index (χ2v) is 4.37. The van der Waals surface area contributed by atoms with Gasteiger partial charge < -0.3 is 0 Å². The zero-order chi connectivity index (χ0) is 12.7. The van der Waals surface area contributed by atoms with E-state index in [2.05, 4.69) is 11.8 Å². The van der Waals surface area contributed by atoms with Gasteiger partial charge in [0.2, 0.25) is 0 Å². The van der Waals surface area contributed by atoms with Crippen LogP contribution in [0.4, 0.5) is 4.39 Å². The van der Waals surface area contributed by atoms with Gasteiger partial charge in [-0.1, -0.05) is 29.7 Å². The molecule has 0 saturated heterocycles. The van der Waals surface area contributed by atoms with Crippen molar-refractivity contribution >= 4 is 16.9 Å². The summed E-state index contributed by atoms with van der Waals surface area (Å²) in [5.41, 5.74) is 1.21. The van der Waals surface area contributed by atoms with Gasteiger partial charge in [0, 0.05) is 12.5 Å². The first-order valence-corrected chi connectivity index (χ1v) is 5.89. The van der Waals surface area contributed by atoms with Crippen molar-refractivity contribution < 1.29 is 9.18 Å². The van der Waals surface area contributed by atoms with E-state index in [0.29, 0.717) is 16.9 Å². The van der Waals surface area contributed by atoms with E-state index in [4.69, 9.17) is 5.26 Å². The van der Waals surface area contributed by atoms with Gasteiger partial charge >= 0.3 is 0 Å². The fourth-order valence-electron chi connectivity index (χ4n) is 1.17. The quantitative estimate of drug-likeness (QED) is 0.754. The molecule has 0 fully saturated rings. The number of rotatable bonds is 2. The summed E-state index contributed by atoms with van der Waals surface area (Å²) in [7, 11) is 0. The van der Waals surface area contributed by atoms with Crippen molar-refractivity contribution in [2.45, 2.75) is 13.3 Å². The Hall–Kier alpha value is -1.78. The molecule has 0 aliphatic heterocycles. The zero-order valence-corrected chi connectivity index (χ0v) is 10.1. The van der Waals surface area contributed by atoms with Crippen LogP contribution in [0.3, 0.4) is 0 Å². The summed E-state index contributed by atoms with van der Waals surface area (Å²) in [6.45, 7) is 1.47. The summed E-state index contributed by atoms with van der Waals surface area (Å²) >= 11 is 1.10. The van der Waals surface area contributed by atoms with Gasteiger partial charge in [0.1, 0.15) is 5.82 Å². The Morgan fingerprint density at radius 1 is 1.53 bits per heavy atom. The SMILES string of the molecule is CC(=O)SCC#Cc1cc(F)ccc1CC#N. The van der Waals surface area contributed by atoms with Gasteiger partial charge in [-0.25, -0.2) is 4.39 Å². The lowest BCUT2D eigenvalue weighted by Gasteiger charge is -1.99. The fraction of sp³-hybridized carbons (Fsp3) is 0.231. The molecule has 1 aromatic rings. The number of halogens is 1. The minimum atomic E-state index is -0.379. The second-order valence-electron chi connectivity index (χ2n) is 3.22. The summed E-state index contributed by atoms with van der Waals surface area (Å²) in [6.07, 6.45) is 0.199. The van der Waals surface area contributed by atoms with Gasteiger partial charge in [-0.3, -0.25) is 4.79 Å². The highest BCUT2D eigenvalue weighted by molar-refractivity contribution is 8.13. The second kappa shape index (κ2) is 6.73. The van der Waals surface area contributed by atoms with E-state index in [1.807, 2.05) is 6.07 Å². The minimum absolute atomic E-state index is 0.00390. The average molecular weight is 247 g/mol. The molecule has 17 heavy (non-hydrogen) atoms. The number of thioether (sulfide) groups is 1. The maximum absolute atomic E-state index is 13.0. The van der Waals surface area contributed by atoms with Crippen LogP contribution in [0, 0.1) is 29.0 Å². The fourth-order valence-corrected chi connectivity index (χ4v) is 1.52. The molecular weight excluding hydrogens is 237 g/mol. The molecule has 1 aromatic carbocycles. The minimum Gasteiger partial charge on any atom is -0.288 e. The zero-order valence-electron chi connectivity index (χ0n) is 9.29. The maximum atomic E-state index is 13.0. The van der Waals surface area contributed by atoms with E-state index in [0.717, 1.165) is 11.8 Å². The summed E-state index contributed by atoms with van der Waals surface area (Å²) in [6, 6.07) is 6.17. The summed E-state index contributed by atoms with van der Waals surface area (Å²) in [4.78, 5) is 10.7. The highest BCUT2D eigenvalue weighted by Crippen LogP contribution is 2.11. The first kappa shape index (κ1) is 13.3. The number of benzene rings is 1. The van der Waals surface area contributed by atoms with E-state index in [-0.39, 0.29) is 17.4 Å². The molecule has 0 amide bonds. The molecule has 0 saturated carbocycles. The number of hydrogen-bond acceptors (Lipinski definition) is 3. The highest BCUT2D eigenvalue weighted by atomic mass is 32.2. The van der Waals surface area contributed by atoms with Crippen LogP contribution in [0.2, 0.25) is 0 Å². The number of hydrogen-bond donors (Lipinski definition) is 0. The largest absolute Gasteiger partial charge is 0.288 e. The Morgan fingerprint density at radius 3 is 2.94 bits per heavy atom. The van der Waals surface area contributed by atoms with Crippen LogP contribution < -0.4 is 0 Å². The molecule has 0 bridgehead atoms. The molecule has 0 atom stereocenters. The molecule has 0 aromatic heterocycles. The Balaban J connectivity index is 2.84. The van der Waals surface area contributed by atoms with Gasteiger partial charge in [-0.15, -0.1) is 0 Å². The van der Waals surface area contributed by atoms with E-state index in [1.54, 1.807) is 6.07 Å². The molecule has 0 radical (unpaired) electrons. The third kappa shape index (κ3) is 4.72. The van der Waals surface area contributed by atoms with Gasteiger partial charge in [0.25, 0.3) is 0 Å². The molecule has 0 aliphatic rings. The lowest BCUT2D eigenvalue weighted by molar-refractivity contribution is -0.109. The van der Waals surface area contributed by atoms with Gasteiger partial charge in [0.15, 0.2) is 5.12 Å². The number of carbonyl (C=O) groups excluding carboxylic acids is 1. The van der Waals surface area contributed by atoms with Crippen molar-refractivity contribution in [2.75, 3.05) is 5.75 Å². The van der Waals surface area contributed by atoms with E-state index in [9.17, 15) is 9.18 Å². The monoisotopic (exact) mass is 247 g/mol. The number of carbonyl (C=O) groups is 1. The van der Waals surface area contributed by atoms with Gasteiger partial charge in [0.05, 0.1) is 18.2 Å². The number of nitrogens with zero attached hydrogens (tertiary/aromatic N) is 1. The van der Waals surface area contributed by atoms with E-state index in [1.165, 1.54) is 19.1 Å². The maximum Gasteiger partial charge on any atom is 0.186 e. The molecular formula is C13H10FNOS. The van der Waals surface area contributed by atoms with Crippen LogP contribution in [0.15, 0.2) is 18.2 Å². The molecule has 2 nitrogen and oxygen atoms in total. The van der Waals surface area contributed by atoms with E-state index < -0.39 is 0 Å². The third-order valence-electron chi connectivity index (χ3n) is 1.91. The van der Waals surface area contributed by atoms with Crippen LogP contribution in [0.25, 0.3) is 0 Å². The average Bonchev–Trinajstić information content (AvgIpc) is 2.28. The van der Waals surface area contributed by atoms with Crippen LogP contribution in [0.5, 0.6) is 0 Å². The Bertz CT molecular complexity index is 522. The smallest absolute Gasteiger partial charge is 0.186 e. The van der Waals surface area contributed by atoms with Crippen molar-refractivity contribution in [2.24, 2.45) is 0 Å². The predicted molar refractivity (Wildman–Crippen MR) is 65.7 cm³/mol.